The molecule has 5 nitrogen and oxygen atoms in total. The van der Waals surface area contributed by atoms with Crippen molar-refractivity contribution in [3.8, 4) is 0 Å². The summed E-state index contributed by atoms with van der Waals surface area (Å²) in [6.07, 6.45) is 1.87. The van der Waals surface area contributed by atoms with Gasteiger partial charge in [0, 0.05) is 6.20 Å². The van der Waals surface area contributed by atoms with Crippen LogP contribution in [0.25, 0.3) is 5.65 Å². The van der Waals surface area contributed by atoms with E-state index in [0.717, 1.165) is 0 Å². The van der Waals surface area contributed by atoms with Gasteiger partial charge in [-0.15, -0.1) is 0 Å². The number of imidazole rings is 1. The Bertz CT molecular complexity index is 562. The van der Waals surface area contributed by atoms with Gasteiger partial charge in [-0.3, -0.25) is 9.20 Å². The number of carbonyl (C=O) groups is 2. The number of aromatic carboxylic acids is 1. The largest absolute Gasteiger partial charge is 0.476 e. The highest BCUT2D eigenvalue weighted by Gasteiger charge is 2.10. The lowest BCUT2D eigenvalue weighted by Crippen LogP contribution is -2.07. The molecular formula is C9H5BN2O3. The number of rotatable bonds is 2. The molecule has 0 spiro atoms. The Morgan fingerprint density at radius 1 is 1.53 bits per heavy atom. The zero-order valence-corrected chi connectivity index (χ0v) is 7.54. The first-order chi connectivity index (χ1) is 7.11. The van der Waals surface area contributed by atoms with Gasteiger partial charge in [0.15, 0.2) is 12.0 Å². The van der Waals surface area contributed by atoms with Crippen molar-refractivity contribution in [3.63, 3.8) is 0 Å². The first kappa shape index (κ1) is 9.45. The zero-order valence-electron chi connectivity index (χ0n) is 7.54. The van der Waals surface area contributed by atoms with E-state index in [0.29, 0.717) is 17.4 Å². The summed E-state index contributed by atoms with van der Waals surface area (Å²) in [5.74, 6) is -1.14. The van der Waals surface area contributed by atoms with Crippen molar-refractivity contribution in [3.05, 3.63) is 29.7 Å². The zero-order chi connectivity index (χ0) is 11.0. The maximum absolute atomic E-state index is 10.7. The average Bonchev–Trinajstić information content (AvgIpc) is 2.59. The van der Waals surface area contributed by atoms with E-state index < -0.39 is 5.97 Å². The minimum Gasteiger partial charge on any atom is -0.476 e. The van der Waals surface area contributed by atoms with Crippen LogP contribution in [0.5, 0.6) is 0 Å². The van der Waals surface area contributed by atoms with E-state index >= 15 is 0 Å². The lowest BCUT2D eigenvalue weighted by Gasteiger charge is -1.99. The van der Waals surface area contributed by atoms with Crippen LogP contribution in [0.4, 0.5) is 0 Å². The first-order valence-electron chi connectivity index (χ1n) is 4.09. The van der Waals surface area contributed by atoms with Gasteiger partial charge in [0.05, 0.1) is 5.69 Å². The van der Waals surface area contributed by atoms with Crippen LogP contribution in [0, 0.1) is 0 Å². The van der Waals surface area contributed by atoms with Crippen LogP contribution in [0.3, 0.4) is 0 Å². The van der Waals surface area contributed by atoms with Crippen LogP contribution in [0.2, 0.25) is 0 Å². The van der Waals surface area contributed by atoms with E-state index in [-0.39, 0.29) is 11.4 Å². The van der Waals surface area contributed by atoms with Gasteiger partial charge >= 0.3 is 5.97 Å². The minimum absolute atomic E-state index is 0.122. The molecule has 2 aromatic rings. The SMILES string of the molecule is [B]c1cc(C=O)n2cc(C(=O)O)nc2c1. The molecule has 1 N–H and O–H groups in total. The Kier molecular flexibility index (Phi) is 2.04. The Labute approximate surface area is 85.8 Å². The van der Waals surface area contributed by atoms with Crippen LogP contribution in [-0.2, 0) is 0 Å². The van der Waals surface area contributed by atoms with Gasteiger partial charge < -0.3 is 5.11 Å². The number of hydrogen-bond donors (Lipinski definition) is 1. The van der Waals surface area contributed by atoms with E-state index in [1.165, 1.54) is 22.7 Å². The molecule has 2 rings (SSSR count). The minimum atomic E-state index is -1.14. The monoisotopic (exact) mass is 200 g/mol. The second-order valence-electron chi connectivity index (χ2n) is 2.99. The Morgan fingerprint density at radius 2 is 2.27 bits per heavy atom. The normalized spacial score (nSPS) is 10.4. The quantitative estimate of drug-likeness (QED) is 0.530. The third-order valence-corrected chi connectivity index (χ3v) is 1.96. The predicted molar refractivity (Wildman–Crippen MR) is 52.9 cm³/mol. The lowest BCUT2D eigenvalue weighted by molar-refractivity contribution is 0.0691. The molecule has 0 aliphatic rings. The third kappa shape index (κ3) is 1.50. The number of pyridine rings is 1. The molecule has 0 unspecified atom stereocenters. The summed E-state index contributed by atoms with van der Waals surface area (Å²) in [5, 5.41) is 8.72. The fourth-order valence-corrected chi connectivity index (χ4v) is 1.33. The smallest absolute Gasteiger partial charge is 0.356 e. The topological polar surface area (TPSA) is 71.7 Å². The second kappa shape index (κ2) is 3.23. The van der Waals surface area contributed by atoms with Crippen molar-refractivity contribution in [2.45, 2.75) is 0 Å². The van der Waals surface area contributed by atoms with Crippen molar-refractivity contribution in [2.24, 2.45) is 0 Å². The van der Waals surface area contributed by atoms with Crippen LogP contribution in [0.1, 0.15) is 21.0 Å². The Balaban J connectivity index is 2.79. The van der Waals surface area contributed by atoms with Crippen LogP contribution >= 0.6 is 0 Å². The molecule has 0 aromatic carbocycles. The summed E-state index contributed by atoms with van der Waals surface area (Å²) in [6.45, 7) is 0. The Morgan fingerprint density at radius 3 is 2.87 bits per heavy atom. The standard InChI is InChI=1S/C9H5BN2O3/c10-5-1-6(4-13)12-3-7(9(14)15)11-8(12)2-5/h1-4H,(H,14,15). The van der Waals surface area contributed by atoms with Crippen molar-refractivity contribution < 1.29 is 14.7 Å². The number of carbonyl (C=O) groups excluding carboxylic acids is 1. The number of aromatic nitrogens is 2. The van der Waals surface area contributed by atoms with E-state index in [9.17, 15) is 9.59 Å². The molecule has 0 saturated carbocycles. The molecule has 72 valence electrons. The molecule has 2 heterocycles. The molecule has 0 bridgehead atoms. The molecule has 2 aromatic heterocycles. The molecule has 0 atom stereocenters. The Hall–Kier alpha value is -2.11. The van der Waals surface area contributed by atoms with Gasteiger partial charge in [0.1, 0.15) is 13.5 Å². The number of aldehydes is 1. The third-order valence-electron chi connectivity index (χ3n) is 1.96. The predicted octanol–water partition coefficient (Wildman–Crippen LogP) is -0.361. The van der Waals surface area contributed by atoms with Crippen molar-refractivity contribution in [2.75, 3.05) is 0 Å². The van der Waals surface area contributed by atoms with Crippen LogP contribution in [-0.4, -0.2) is 34.6 Å². The summed E-state index contributed by atoms with van der Waals surface area (Å²) in [4.78, 5) is 25.2. The maximum atomic E-state index is 10.7. The van der Waals surface area contributed by atoms with Gasteiger partial charge in [-0.2, -0.15) is 0 Å². The summed E-state index contributed by atoms with van der Waals surface area (Å²) < 4.78 is 1.38. The first-order valence-corrected chi connectivity index (χ1v) is 4.09. The van der Waals surface area contributed by atoms with E-state index in [1.54, 1.807) is 0 Å². The van der Waals surface area contributed by atoms with Crippen LogP contribution in [0.15, 0.2) is 18.3 Å². The molecule has 0 aliphatic carbocycles. The fourth-order valence-electron chi connectivity index (χ4n) is 1.33. The highest BCUT2D eigenvalue weighted by molar-refractivity contribution is 6.32. The lowest BCUT2D eigenvalue weighted by atomic mass is 9.97. The van der Waals surface area contributed by atoms with Crippen molar-refractivity contribution >= 4 is 31.2 Å². The molecule has 15 heavy (non-hydrogen) atoms. The number of carboxylic acid groups (broad SMARTS) is 1. The number of carboxylic acids is 1. The average molecular weight is 200 g/mol. The van der Waals surface area contributed by atoms with Crippen molar-refractivity contribution in [1.82, 2.24) is 9.38 Å². The van der Waals surface area contributed by atoms with E-state index in [2.05, 4.69) is 4.98 Å². The summed E-state index contributed by atoms with van der Waals surface area (Å²) in [6, 6.07) is 2.95. The van der Waals surface area contributed by atoms with Crippen molar-refractivity contribution in [1.29, 1.82) is 0 Å². The molecule has 2 radical (unpaired) electrons. The molecule has 0 amide bonds. The van der Waals surface area contributed by atoms with Gasteiger partial charge in [-0.25, -0.2) is 9.78 Å². The highest BCUT2D eigenvalue weighted by atomic mass is 16.4. The van der Waals surface area contributed by atoms with Gasteiger partial charge in [-0.1, -0.05) is 5.46 Å². The summed E-state index contributed by atoms with van der Waals surface area (Å²) >= 11 is 0. The fraction of sp³-hybridized carbons (Fsp3) is 0. The molecule has 0 aliphatic heterocycles. The molecule has 0 saturated heterocycles. The molecular weight excluding hydrogens is 195 g/mol. The van der Waals surface area contributed by atoms with Gasteiger partial charge in [0.25, 0.3) is 0 Å². The van der Waals surface area contributed by atoms with E-state index in [4.69, 9.17) is 13.0 Å². The summed E-state index contributed by atoms with van der Waals surface area (Å²) in [7, 11) is 5.53. The number of nitrogens with zero attached hydrogens (tertiary/aromatic N) is 2. The second-order valence-corrected chi connectivity index (χ2v) is 2.99. The maximum Gasteiger partial charge on any atom is 0.356 e. The number of hydrogen-bond acceptors (Lipinski definition) is 3. The van der Waals surface area contributed by atoms with Crippen LogP contribution < -0.4 is 5.46 Å². The number of fused-ring (bicyclic) bond motifs is 1. The van der Waals surface area contributed by atoms with E-state index in [1.807, 2.05) is 0 Å². The molecule has 0 fully saturated rings. The highest BCUT2D eigenvalue weighted by Crippen LogP contribution is 2.06. The summed E-state index contributed by atoms with van der Waals surface area (Å²) in [5.41, 5.74) is 0.857. The van der Waals surface area contributed by atoms with Gasteiger partial charge in [0.2, 0.25) is 0 Å². The van der Waals surface area contributed by atoms with Gasteiger partial charge in [-0.05, 0) is 12.1 Å². The molecule has 6 heteroatoms.